The number of anilines is 2. The molecular weight excluding hydrogens is 380 g/mol. The maximum Gasteiger partial charge on any atom is 0.266 e. The number of imide groups is 1. The van der Waals surface area contributed by atoms with Crippen molar-refractivity contribution in [3.05, 3.63) is 83.8 Å². The highest BCUT2D eigenvalue weighted by Gasteiger charge is 2.61. The molecule has 0 saturated carbocycles. The number of furan rings is 1. The molecule has 7 heteroatoms. The van der Waals surface area contributed by atoms with Gasteiger partial charge in [0, 0.05) is 5.02 Å². The Morgan fingerprint density at radius 3 is 2.25 bits per heavy atom. The highest BCUT2D eigenvalue weighted by Crippen LogP contribution is 2.47. The Morgan fingerprint density at radius 1 is 0.821 bits per heavy atom. The van der Waals surface area contributed by atoms with Crippen LogP contribution in [0.3, 0.4) is 0 Å². The van der Waals surface area contributed by atoms with Crippen molar-refractivity contribution in [2.24, 2.45) is 5.92 Å². The van der Waals surface area contributed by atoms with Gasteiger partial charge in [0.2, 0.25) is 5.91 Å². The number of carbonyl (C=O) groups excluding carboxylic acids is 2. The van der Waals surface area contributed by atoms with Gasteiger partial charge in [0.15, 0.2) is 6.10 Å². The van der Waals surface area contributed by atoms with Crippen molar-refractivity contribution >= 4 is 34.8 Å². The molecule has 3 heterocycles. The zero-order valence-corrected chi connectivity index (χ0v) is 15.3. The van der Waals surface area contributed by atoms with Gasteiger partial charge in [-0.15, -0.1) is 0 Å². The van der Waals surface area contributed by atoms with Crippen LogP contribution in [0.1, 0.15) is 11.8 Å². The lowest BCUT2D eigenvalue weighted by atomic mass is 9.94. The first-order valence-corrected chi connectivity index (χ1v) is 9.21. The molecular formula is C21H15ClN2O4. The fourth-order valence-corrected chi connectivity index (χ4v) is 3.93. The van der Waals surface area contributed by atoms with E-state index in [1.54, 1.807) is 47.7 Å². The standard InChI is InChI=1S/C21H15ClN2O4/c22-13-8-10-14(11-9-13)23-20(25)17-18(16-7-4-12-27-16)24(28-19(17)21(23)26)15-5-2-1-3-6-15/h1-12,17-19H/t17-,18-,19-/m1/s1. The molecule has 2 fully saturated rings. The minimum Gasteiger partial charge on any atom is -0.467 e. The monoisotopic (exact) mass is 394 g/mol. The van der Waals surface area contributed by atoms with Crippen LogP contribution in [0.15, 0.2) is 77.4 Å². The predicted octanol–water partition coefficient (Wildman–Crippen LogP) is 3.98. The average Bonchev–Trinajstić information content (AvgIpc) is 3.42. The molecule has 5 rings (SSSR count). The van der Waals surface area contributed by atoms with Crippen molar-refractivity contribution in [3.8, 4) is 0 Å². The molecule has 1 aromatic heterocycles. The van der Waals surface area contributed by atoms with Gasteiger partial charge in [-0.3, -0.25) is 14.4 Å². The Hall–Kier alpha value is -3.09. The number of rotatable bonds is 3. The maximum absolute atomic E-state index is 13.3. The molecule has 2 amide bonds. The average molecular weight is 395 g/mol. The first-order chi connectivity index (χ1) is 13.6. The van der Waals surface area contributed by atoms with Gasteiger partial charge in [-0.25, -0.2) is 9.96 Å². The summed E-state index contributed by atoms with van der Waals surface area (Å²) in [6.45, 7) is 0. The van der Waals surface area contributed by atoms with Crippen molar-refractivity contribution in [1.82, 2.24) is 0 Å². The molecule has 0 aliphatic carbocycles. The zero-order valence-electron chi connectivity index (χ0n) is 14.6. The Balaban J connectivity index is 1.56. The number of nitrogens with zero attached hydrogens (tertiary/aromatic N) is 2. The number of halogens is 1. The van der Waals surface area contributed by atoms with Crippen LogP contribution in [0.25, 0.3) is 0 Å². The van der Waals surface area contributed by atoms with E-state index >= 15 is 0 Å². The van der Waals surface area contributed by atoms with Crippen molar-refractivity contribution < 1.29 is 18.8 Å². The summed E-state index contributed by atoms with van der Waals surface area (Å²) in [6.07, 6.45) is 0.628. The molecule has 2 aliphatic rings. The number of hydrogen-bond acceptors (Lipinski definition) is 5. The van der Waals surface area contributed by atoms with Crippen LogP contribution in [-0.4, -0.2) is 17.9 Å². The first kappa shape index (κ1) is 17.0. The van der Waals surface area contributed by atoms with Gasteiger partial charge in [0.25, 0.3) is 5.91 Å². The minimum atomic E-state index is -0.918. The van der Waals surface area contributed by atoms with Crippen molar-refractivity contribution in [1.29, 1.82) is 0 Å². The van der Waals surface area contributed by atoms with Gasteiger partial charge in [-0.05, 0) is 48.5 Å². The highest BCUT2D eigenvalue weighted by molar-refractivity contribution is 6.31. The number of amides is 2. The van der Waals surface area contributed by atoms with Gasteiger partial charge in [-0.2, -0.15) is 0 Å². The summed E-state index contributed by atoms with van der Waals surface area (Å²) in [6, 6.07) is 18.9. The van der Waals surface area contributed by atoms with E-state index in [1.807, 2.05) is 30.3 Å². The summed E-state index contributed by atoms with van der Waals surface area (Å²) < 4.78 is 5.60. The normalized spacial score (nSPS) is 24.1. The molecule has 0 spiro atoms. The third-order valence-electron chi connectivity index (χ3n) is 5.05. The van der Waals surface area contributed by atoms with Crippen LogP contribution in [0, 0.1) is 5.92 Å². The van der Waals surface area contributed by atoms with E-state index in [0.717, 1.165) is 5.69 Å². The summed E-state index contributed by atoms with van der Waals surface area (Å²) in [5.41, 5.74) is 1.22. The van der Waals surface area contributed by atoms with E-state index in [4.69, 9.17) is 20.9 Å². The molecule has 0 unspecified atom stereocenters. The van der Waals surface area contributed by atoms with Crippen LogP contribution in [0.5, 0.6) is 0 Å². The van der Waals surface area contributed by atoms with Crippen LogP contribution >= 0.6 is 11.6 Å². The second kappa shape index (κ2) is 6.51. The van der Waals surface area contributed by atoms with Gasteiger partial charge in [0.05, 0.1) is 17.6 Å². The number of fused-ring (bicyclic) bond motifs is 1. The second-order valence-electron chi connectivity index (χ2n) is 6.66. The van der Waals surface area contributed by atoms with Gasteiger partial charge in [-0.1, -0.05) is 29.8 Å². The van der Waals surface area contributed by atoms with Crippen LogP contribution < -0.4 is 9.96 Å². The molecule has 2 aliphatic heterocycles. The topological polar surface area (TPSA) is 63.0 Å². The fourth-order valence-electron chi connectivity index (χ4n) is 3.81. The van der Waals surface area contributed by atoms with E-state index in [2.05, 4.69) is 0 Å². The van der Waals surface area contributed by atoms with Crippen molar-refractivity contribution in [2.75, 3.05) is 9.96 Å². The second-order valence-corrected chi connectivity index (χ2v) is 7.10. The van der Waals surface area contributed by atoms with E-state index in [9.17, 15) is 9.59 Å². The molecule has 3 atom stereocenters. The van der Waals surface area contributed by atoms with E-state index in [1.165, 1.54) is 4.90 Å². The van der Waals surface area contributed by atoms with E-state index in [0.29, 0.717) is 16.5 Å². The summed E-state index contributed by atoms with van der Waals surface area (Å²) in [4.78, 5) is 33.5. The summed E-state index contributed by atoms with van der Waals surface area (Å²) in [5.74, 6) is -0.866. The van der Waals surface area contributed by atoms with E-state index < -0.39 is 24.0 Å². The number of hydrogen-bond donors (Lipinski definition) is 0. The third-order valence-corrected chi connectivity index (χ3v) is 5.30. The zero-order chi connectivity index (χ0) is 19.3. The number of carbonyl (C=O) groups is 2. The van der Waals surface area contributed by atoms with E-state index in [-0.39, 0.29) is 5.91 Å². The molecule has 6 nitrogen and oxygen atoms in total. The molecule has 3 aromatic rings. The van der Waals surface area contributed by atoms with Crippen molar-refractivity contribution in [2.45, 2.75) is 12.1 Å². The van der Waals surface area contributed by atoms with Gasteiger partial charge < -0.3 is 4.42 Å². The number of hydroxylamine groups is 1. The number of benzene rings is 2. The van der Waals surface area contributed by atoms with Crippen LogP contribution in [0.4, 0.5) is 11.4 Å². The molecule has 2 saturated heterocycles. The van der Waals surface area contributed by atoms with Crippen LogP contribution in [0.2, 0.25) is 5.02 Å². The Kier molecular flexibility index (Phi) is 3.96. The fraction of sp³-hybridized carbons (Fsp3) is 0.143. The first-order valence-electron chi connectivity index (χ1n) is 8.83. The summed E-state index contributed by atoms with van der Waals surface area (Å²) >= 11 is 5.93. The predicted molar refractivity (Wildman–Crippen MR) is 103 cm³/mol. The lowest BCUT2D eigenvalue weighted by Gasteiger charge is -2.27. The quantitative estimate of drug-likeness (QED) is 0.629. The smallest absolute Gasteiger partial charge is 0.266 e. The highest BCUT2D eigenvalue weighted by atomic mass is 35.5. The van der Waals surface area contributed by atoms with Gasteiger partial charge in [0.1, 0.15) is 17.7 Å². The molecule has 28 heavy (non-hydrogen) atoms. The summed E-state index contributed by atoms with van der Waals surface area (Å²) in [7, 11) is 0. The van der Waals surface area contributed by atoms with Crippen molar-refractivity contribution in [3.63, 3.8) is 0 Å². The number of para-hydroxylation sites is 1. The Labute approximate surface area is 165 Å². The molecule has 0 bridgehead atoms. The largest absolute Gasteiger partial charge is 0.467 e. The molecule has 0 N–H and O–H groups in total. The molecule has 0 radical (unpaired) electrons. The van der Waals surface area contributed by atoms with Crippen LogP contribution in [-0.2, 0) is 14.4 Å². The lowest BCUT2D eigenvalue weighted by Crippen LogP contribution is -2.37. The lowest BCUT2D eigenvalue weighted by molar-refractivity contribution is -0.126. The third kappa shape index (κ3) is 2.53. The Bertz CT molecular complexity index is 1020. The molecule has 2 aromatic carbocycles. The SMILES string of the molecule is O=C1[C@@H]2[C@@H](c3ccco3)N(c3ccccc3)O[C@H]2C(=O)N1c1ccc(Cl)cc1. The minimum absolute atomic E-state index is 0.322. The molecule has 140 valence electrons. The summed E-state index contributed by atoms with van der Waals surface area (Å²) in [5, 5.41) is 2.13. The Morgan fingerprint density at radius 2 is 1.57 bits per heavy atom. The maximum atomic E-state index is 13.3. The van der Waals surface area contributed by atoms with Gasteiger partial charge >= 0.3 is 0 Å².